The number of nitro benzene ring substituents is 1. The van der Waals surface area contributed by atoms with Crippen molar-refractivity contribution in [2.24, 2.45) is 0 Å². The standard InChI is InChI=1S/C24H14Br2FN3O6/c25-19-10-14(11-20(26)21(19)36-12-13-2-1-3-17(8-13)30(34)35)9-18-22(31)28-24(33)29(23(18)32)16-6-4-15(27)5-7-16/h1-11H,12H2,(H,28,31,33)/b18-9+. The number of carbonyl (C=O) groups excluding carboxylic acids is 3. The lowest BCUT2D eigenvalue weighted by Crippen LogP contribution is -2.54. The predicted molar refractivity (Wildman–Crippen MR) is 135 cm³/mol. The molecule has 0 spiro atoms. The molecule has 3 aromatic carbocycles. The third kappa shape index (κ3) is 5.34. The SMILES string of the molecule is O=C1NC(=O)N(c2ccc(F)cc2)C(=O)/C1=C/c1cc(Br)c(OCc2cccc([N+](=O)[O-])c2)c(Br)c1. The molecule has 1 saturated heterocycles. The predicted octanol–water partition coefficient (Wildman–Crippen LogP) is 5.50. The highest BCUT2D eigenvalue weighted by Crippen LogP contribution is 2.36. The third-order valence-corrected chi connectivity index (χ3v) is 6.20. The van der Waals surface area contributed by atoms with Crippen LogP contribution in [0.3, 0.4) is 0 Å². The van der Waals surface area contributed by atoms with Crippen LogP contribution in [-0.4, -0.2) is 22.8 Å². The second-order valence-electron chi connectivity index (χ2n) is 7.46. The number of carbonyl (C=O) groups is 3. The molecule has 1 aliphatic heterocycles. The van der Waals surface area contributed by atoms with Crippen LogP contribution in [0.4, 0.5) is 20.6 Å². The van der Waals surface area contributed by atoms with Crippen LogP contribution in [-0.2, 0) is 16.2 Å². The Balaban J connectivity index is 1.59. The van der Waals surface area contributed by atoms with Crippen LogP contribution in [0.15, 0.2) is 75.2 Å². The molecule has 9 nitrogen and oxygen atoms in total. The fourth-order valence-electron chi connectivity index (χ4n) is 3.36. The molecule has 1 heterocycles. The number of hydrogen-bond acceptors (Lipinski definition) is 6. The summed E-state index contributed by atoms with van der Waals surface area (Å²) in [6, 6.07) is 13.0. The van der Waals surface area contributed by atoms with Crippen LogP contribution >= 0.6 is 31.9 Å². The minimum absolute atomic E-state index is 0.0505. The van der Waals surface area contributed by atoms with E-state index in [0.717, 1.165) is 17.0 Å². The topological polar surface area (TPSA) is 119 Å². The zero-order valence-corrected chi connectivity index (χ0v) is 21.2. The Bertz CT molecular complexity index is 1420. The summed E-state index contributed by atoms with van der Waals surface area (Å²) in [6.45, 7) is 0.0505. The first-order valence-corrected chi connectivity index (χ1v) is 11.7. The van der Waals surface area contributed by atoms with Crippen molar-refractivity contribution in [3.8, 4) is 5.75 Å². The molecule has 1 N–H and O–H groups in total. The molecule has 0 aromatic heterocycles. The molecule has 0 atom stereocenters. The van der Waals surface area contributed by atoms with E-state index in [0.29, 0.717) is 25.8 Å². The summed E-state index contributed by atoms with van der Waals surface area (Å²) in [4.78, 5) is 48.9. The Morgan fingerprint density at radius 2 is 1.69 bits per heavy atom. The van der Waals surface area contributed by atoms with E-state index >= 15 is 0 Å². The van der Waals surface area contributed by atoms with Gasteiger partial charge in [0, 0.05) is 12.1 Å². The molecule has 0 aliphatic carbocycles. The van der Waals surface area contributed by atoms with E-state index in [4.69, 9.17) is 4.74 Å². The Labute approximate surface area is 220 Å². The van der Waals surface area contributed by atoms with Crippen molar-refractivity contribution >= 4 is 67.2 Å². The maximum atomic E-state index is 13.3. The number of imide groups is 2. The number of halogens is 3. The molecule has 1 fully saturated rings. The summed E-state index contributed by atoms with van der Waals surface area (Å²) in [7, 11) is 0. The lowest BCUT2D eigenvalue weighted by molar-refractivity contribution is -0.384. The van der Waals surface area contributed by atoms with Gasteiger partial charge in [-0.1, -0.05) is 12.1 Å². The lowest BCUT2D eigenvalue weighted by Gasteiger charge is -2.26. The zero-order chi connectivity index (χ0) is 26.0. The first kappa shape index (κ1) is 25.2. The van der Waals surface area contributed by atoms with Gasteiger partial charge in [0.25, 0.3) is 17.5 Å². The van der Waals surface area contributed by atoms with Gasteiger partial charge in [-0.3, -0.25) is 25.0 Å². The fourth-order valence-corrected chi connectivity index (χ4v) is 4.82. The summed E-state index contributed by atoms with van der Waals surface area (Å²) in [5, 5.41) is 13.1. The monoisotopic (exact) mass is 617 g/mol. The first-order valence-electron chi connectivity index (χ1n) is 10.2. The van der Waals surface area contributed by atoms with Gasteiger partial charge in [0.05, 0.1) is 19.6 Å². The van der Waals surface area contributed by atoms with Gasteiger partial charge in [0.1, 0.15) is 23.7 Å². The van der Waals surface area contributed by atoms with Crippen molar-refractivity contribution in [3.63, 3.8) is 0 Å². The Kier molecular flexibility index (Phi) is 7.27. The Morgan fingerprint density at radius 3 is 2.33 bits per heavy atom. The van der Waals surface area contributed by atoms with E-state index < -0.39 is 28.6 Å². The molecule has 0 saturated carbocycles. The van der Waals surface area contributed by atoms with E-state index in [1.165, 1.54) is 30.3 Å². The number of barbiturate groups is 1. The van der Waals surface area contributed by atoms with Crippen molar-refractivity contribution in [1.82, 2.24) is 5.32 Å². The summed E-state index contributed by atoms with van der Waals surface area (Å²) in [5.74, 6) is -1.89. The molecule has 0 unspecified atom stereocenters. The summed E-state index contributed by atoms with van der Waals surface area (Å²) >= 11 is 6.78. The summed E-state index contributed by atoms with van der Waals surface area (Å²) in [5.41, 5.74) is 0.764. The number of nitrogens with one attached hydrogen (secondary N) is 1. The van der Waals surface area contributed by atoms with Crippen LogP contribution < -0.4 is 15.0 Å². The molecule has 4 amide bonds. The van der Waals surface area contributed by atoms with Gasteiger partial charge in [0.2, 0.25) is 0 Å². The first-order chi connectivity index (χ1) is 17.1. The number of benzene rings is 3. The number of urea groups is 1. The van der Waals surface area contributed by atoms with E-state index in [-0.39, 0.29) is 23.6 Å². The number of rotatable bonds is 6. The van der Waals surface area contributed by atoms with Crippen LogP contribution in [0.1, 0.15) is 11.1 Å². The average molecular weight is 619 g/mol. The number of ether oxygens (including phenoxy) is 1. The highest BCUT2D eigenvalue weighted by molar-refractivity contribution is 9.11. The molecule has 3 aromatic rings. The molecular formula is C24H14Br2FN3O6. The van der Waals surface area contributed by atoms with Gasteiger partial charge in [-0.2, -0.15) is 0 Å². The molecule has 12 heteroatoms. The van der Waals surface area contributed by atoms with Crippen molar-refractivity contribution < 1.29 is 28.4 Å². The minimum Gasteiger partial charge on any atom is -0.487 e. The van der Waals surface area contributed by atoms with Crippen molar-refractivity contribution in [2.75, 3.05) is 4.90 Å². The molecule has 4 rings (SSSR count). The van der Waals surface area contributed by atoms with Gasteiger partial charge in [-0.25, -0.2) is 14.1 Å². The van der Waals surface area contributed by atoms with Crippen LogP contribution in [0.2, 0.25) is 0 Å². The summed E-state index contributed by atoms with van der Waals surface area (Å²) in [6.07, 6.45) is 1.31. The van der Waals surface area contributed by atoms with Gasteiger partial charge in [-0.05, 0) is 85.5 Å². The smallest absolute Gasteiger partial charge is 0.335 e. The quantitative estimate of drug-likeness (QED) is 0.169. The number of non-ortho nitro benzene ring substituents is 1. The largest absolute Gasteiger partial charge is 0.487 e. The van der Waals surface area contributed by atoms with E-state index in [1.807, 2.05) is 0 Å². The van der Waals surface area contributed by atoms with Gasteiger partial charge in [0.15, 0.2) is 0 Å². The van der Waals surface area contributed by atoms with Gasteiger partial charge >= 0.3 is 6.03 Å². The second kappa shape index (κ2) is 10.4. The number of amides is 4. The maximum Gasteiger partial charge on any atom is 0.335 e. The fraction of sp³-hybridized carbons (Fsp3) is 0.0417. The molecule has 0 radical (unpaired) electrons. The number of nitro groups is 1. The number of anilines is 1. The molecule has 182 valence electrons. The molecule has 36 heavy (non-hydrogen) atoms. The van der Waals surface area contributed by atoms with Gasteiger partial charge < -0.3 is 4.74 Å². The normalized spacial score (nSPS) is 14.7. The van der Waals surface area contributed by atoms with Crippen LogP contribution in [0.5, 0.6) is 5.75 Å². The average Bonchev–Trinajstić information content (AvgIpc) is 2.82. The summed E-state index contributed by atoms with van der Waals surface area (Å²) < 4.78 is 20.0. The minimum atomic E-state index is -0.944. The third-order valence-electron chi connectivity index (χ3n) is 5.02. The molecule has 0 bridgehead atoms. The number of nitrogens with zero attached hydrogens (tertiary/aromatic N) is 2. The zero-order valence-electron chi connectivity index (χ0n) is 18.0. The van der Waals surface area contributed by atoms with E-state index in [2.05, 4.69) is 37.2 Å². The highest BCUT2D eigenvalue weighted by Gasteiger charge is 2.36. The van der Waals surface area contributed by atoms with Gasteiger partial charge in [-0.15, -0.1) is 0 Å². The molecular weight excluding hydrogens is 605 g/mol. The number of hydrogen-bond donors (Lipinski definition) is 1. The van der Waals surface area contributed by atoms with Crippen molar-refractivity contribution in [3.05, 3.63) is 102 Å². The van der Waals surface area contributed by atoms with Crippen LogP contribution in [0.25, 0.3) is 6.08 Å². The van der Waals surface area contributed by atoms with Crippen LogP contribution in [0, 0.1) is 15.9 Å². The second-order valence-corrected chi connectivity index (χ2v) is 9.17. The van der Waals surface area contributed by atoms with E-state index in [1.54, 1.807) is 24.3 Å². The van der Waals surface area contributed by atoms with Crippen molar-refractivity contribution in [1.29, 1.82) is 0 Å². The Hall–Kier alpha value is -3.90. The maximum absolute atomic E-state index is 13.3. The Morgan fingerprint density at radius 1 is 1.03 bits per heavy atom. The molecule has 1 aliphatic rings. The lowest BCUT2D eigenvalue weighted by atomic mass is 10.1. The van der Waals surface area contributed by atoms with E-state index in [9.17, 15) is 28.9 Å². The van der Waals surface area contributed by atoms with Crippen molar-refractivity contribution in [2.45, 2.75) is 6.61 Å². The highest BCUT2D eigenvalue weighted by atomic mass is 79.9.